The molecule has 74 valence electrons. The van der Waals surface area contributed by atoms with E-state index in [2.05, 4.69) is 0 Å². The van der Waals surface area contributed by atoms with Crippen molar-refractivity contribution in [2.75, 3.05) is 0 Å². The number of para-hydroxylation sites is 1. The van der Waals surface area contributed by atoms with E-state index < -0.39 is 21.8 Å². The Morgan fingerprint density at radius 1 is 1.14 bits per heavy atom. The minimum absolute atomic E-state index is 0.317. The lowest BCUT2D eigenvalue weighted by molar-refractivity contribution is -0.752. The second kappa shape index (κ2) is 3.69. The van der Waals surface area contributed by atoms with Gasteiger partial charge in [-0.25, -0.2) is 0 Å². The van der Waals surface area contributed by atoms with Crippen molar-refractivity contribution in [3.05, 3.63) is 50.1 Å². The van der Waals surface area contributed by atoms with E-state index >= 15 is 0 Å². The average molecular weight is 198 g/mol. The molecule has 0 heterocycles. The van der Waals surface area contributed by atoms with Crippen LogP contribution in [0, 0.1) is 20.2 Å². The number of rotatable bonds is 3. The lowest BCUT2D eigenvalue weighted by atomic mass is 10.1. The van der Waals surface area contributed by atoms with Gasteiger partial charge in [-0.1, -0.05) is 12.1 Å². The van der Waals surface area contributed by atoms with Gasteiger partial charge in [-0.15, -0.1) is 0 Å². The van der Waals surface area contributed by atoms with Gasteiger partial charge in [0.25, 0.3) is 0 Å². The number of aromatic hydroxyl groups is 1. The monoisotopic (exact) mass is 198 g/mol. The Labute approximate surface area is 77.9 Å². The molecule has 0 aromatic heterocycles. The number of benzene rings is 1. The molecule has 1 aromatic carbocycles. The molecule has 1 N–H and O–H groups in total. The molecule has 0 aliphatic rings. The van der Waals surface area contributed by atoms with E-state index in [4.69, 9.17) is 5.11 Å². The van der Waals surface area contributed by atoms with Crippen molar-refractivity contribution in [1.82, 2.24) is 0 Å². The normalized spacial score (nSPS) is 10.1. The van der Waals surface area contributed by atoms with E-state index in [0.29, 0.717) is 0 Å². The molecule has 0 aliphatic carbocycles. The summed E-state index contributed by atoms with van der Waals surface area (Å²) in [7, 11) is 0. The van der Waals surface area contributed by atoms with Crippen LogP contribution in [0.4, 0.5) is 0 Å². The third kappa shape index (κ3) is 1.76. The van der Waals surface area contributed by atoms with Crippen LogP contribution in [-0.4, -0.2) is 15.0 Å². The predicted octanol–water partition coefficient (Wildman–Crippen LogP) is 0.944. The topological polar surface area (TPSA) is 107 Å². The van der Waals surface area contributed by atoms with Gasteiger partial charge in [-0.05, 0) is 12.1 Å². The van der Waals surface area contributed by atoms with E-state index in [1.807, 2.05) is 0 Å². The summed E-state index contributed by atoms with van der Waals surface area (Å²) in [5.74, 6) is -0.453. The van der Waals surface area contributed by atoms with Crippen molar-refractivity contribution in [2.24, 2.45) is 0 Å². The Hall–Kier alpha value is -2.18. The molecule has 0 atom stereocenters. The fourth-order valence-corrected chi connectivity index (χ4v) is 1.01. The minimum atomic E-state index is -2.11. The van der Waals surface area contributed by atoms with Crippen LogP contribution >= 0.6 is 0 Å². The van der Waals surface area contributed by atoms with Crippen molar-refractivity contribution < 1.29 is 15.0 Å². The molecule has 1 rings (SSSR count). The van der Waals surface area contributed by atoms with Gasteiger partial charge >= 0.3 is 6.17 Å². The van der Waals surface area contributed by atoms with E-state index in [-0.39, 0.29) is 5.56 Å². The highest BCUT2D eigenvalue weighted by Crippen LogP contribution is 2.25. The highest BCUT2D eigenvalue weighted by atomic mass is 16.7. The summed E-state index contributed by atoms with van der Waals surface area (Å²) in [6, 6.07) is 5.12. The summed E-state index contributed by atoms with van der Waals surface area (Å²) in [6.45, 7) is 0. The number of phenols is 1. The molecule has 0 amide bonds. The third-order valence-corrected chi connectivity index (χ3v) is 1.61. The molecule has 0 spiro atoms. The Balaban J connectivity index is 3.18. The maximum atomic E-state index is 10.3. The zero-order valence-electron chi connectivity index (χ0n) is 6.86. The summed E-state index contributed by atoms with van der Waals surface area (Å²) >= 11 is 0. The molecule has 0 bridgehead atoms. The number of nitro groups is 2. The van der Waals surface area contributed by atoms with Crippen LogP contribution in [-0.2, 0) is 0 Å². The van der Waals surface area contributed by atoms with Crippen LogP contribution in [0.1, 0.15) is 11.7 Å². The highest BCUT2D eigenvalue weighted by Gasteiger charge is 2.36. The lowest BCUT2D eigenvalue weighted by Crippen LogP contribution is -2.19. The number of phenolic OH excluding ortho intramolecular Hbond substituents is 1. The summed E-state index contributed by atoms with van der Waals surface area (Å²) in [4.78, 5) is 18.6. The number of nitrogens with zero attached hydrogens (tertiary/aromatic N) is 2. The van der Waals surface area contributed by atoms with Crippen LogP contribution in [0.3, 0.4) is 0 Å². The molecule has 1 aromatic rings. The molecule has 7 nitrogen and oxygen atoms in total. The maximum absolute atomic E-state index is 10.3. The first-order valence-electron chi connectivity index (χ1n) is 3.59. The zero-order valence-corrected chi connectivity index (χ0v) is 6.86. The molecule has 0 unspecified atom stereocenters. The van der Waals surface area contributed by atoms with E-state index in [9.17, 15) is 20.2 Å². The summed E-state index contributed by atoms with van der Waals surface area (Å²) in [5.41, 5.74) is -0.317. The van der Waals surface area contributed by atoms with Crippen LogP contribution in [0.2, 0.25) is 0 Å². The first-order valence-corrected chi connectivity index (χ1v) is 3.59. The van der Waals surface area contributed by atoms with Crippen molar-refractivity contribution in [1.29, 1.82) is 0 Å². The molecule has 7 heteroatoms. The molecule has 0 aliphatic heterocycles. The van der Waals surface area contributed by atoms with Gasteiger partial charge in [0.1, 0.15) is 21.2 Å². The van der Waals surface area contributed by atoms with Gasteiger partial charge in [0.05, 0.1) is 0 Å². The molecule has 0 saturated heterocycles. The largest absolute Gasteiger partial charge is 0.507 e. The van der Waals surface area contributed by atoms with Gasteiger partial charge in [-0.3, -0.25) is 20.2 Å². The van der Waals surface area contributed by atoms with Crippen molar-refractivity contribution in [3.63, 3.8) is 0 Å². The summed E-state index contributed by atoms with van der Waals surface area (Å²) in [6.07, 6.45) is -2.11. The average Bonchev–Trinajstić information content (AvgIpc) is 2.07. The van der Waals surface area contributed by atoms with Crippen molar-refractivity contribution in [2.45, 2.75) is 6.17 Å². The van der Waals surface area contributed by atoms with Gasteiger partial charge in [0, 0.05) is 0 Å². The van der Waals surface area contributed by atoms with E-state index in [1.54, 1.807) is 0 Å². The molecule has 0 radical (unpaired) electrons. The van der Waals surface area contributed by atoms with Crippen LogP contribution in [0.5, 0.6) is 5.75 Å². The van der Waals surface area contributed by atoms with Gasteiger partial charge < -0.3 is 5.11 Å². The SMILES string of the molecule is O=[N+]([O-])C(c1ccccc1O)[N+](=O)[O-]. The van der Waals surface area contributed by atoms with Gasteiger partial charge in [0.15, 0.2) is 0 Å². The fourth-order valence-electron chi connectivity index (χ4n) is 1.01. The standard InChI is InChI=1S/C7H6N2O5/c10-6-4-2-1-3-5(6)7(8(11)12)9(13)14/h1-4,7,10H. The van der Waals surface area contributed by atoms with Crippen molar-refractivity contribution in [3.8, 4) is 5.75 Å². The minimum Gasteiger partial charge on any atom is -0.507 e. The molecular formula is C7H6N2O5. The molecule has 0 saturated carbocycles. The van der Waals surface area contributed by atoms with Gasteiger partial charge in [-0.2, -0.15) is 0 Å². The smallest absolute Gasteiger partial charge is 0.480 e. The van der Waals surface area contributed by atoms with Crippen LogP contribution < -0.4 is 0 Å². The highest BCUT2D eigenvalue weighted by molar-refractivity contribution is 5.32. The first-order chi connectivity index (χ1) is 6.54. The first kappa shape index (κ1) is 9.90. The quantitative estimate of drug-likeness (QED) is 0.442. The van der Waals surface area contributed by atoms with E-state index in [1.165, 1.54) is 12.1 Å². The predicted molar refractivity (Wildman–Crippen MR) is 44.8 cm³/mol. The maximum Gasteiger partial charge on any atom is 0.480 e. The Kier molecular flexibility index (Phi) is 2.61. The number of hydrogen-bond donors (Lipinski definition) is 1. The Morgan fingerprint density at radius 2 is 1.64 bits per heavy atom. The summed E-state index contributed by atoms with van der Waals surface area (Å²) < 4.78 is 0. The van der Waals surface area contributed by atoms with Gasteiger partial charge in [0.2, 0.25) is 0 Å². The molecule has 14 heavy (non-hydrogen) atoms. The van der Waals surface area contributed by atoms with Crippen LogP contribution in [0.25, 0.3) is 0 Å². The van der Waals surface area contributed by atoms with E-state index in [0.717, 1.165) is 12.1 Å². The zero-order chi connectivity index (χ0) is 10.7. The number of hydrogen-bond acceptors (Lipinski definition) is 5. The summed E-state index contributed by atoms with van der Waals surface area (Å²) in [5, 5.41) is 29.9. The molecular weight excluding hydrogens is 192 g/mol. The third-order valence-electron chi connectivity index (χ3n) is 1.61. The van der Waals surface area contributed by atoms with Crippen molar-refractivity contribution >= 4 is 0 Å². The second-order valence-electron chi connectivity index (χ2n) is 2.50. The lowest BCUT2D eigenvalue weighted by Gasteiger charge is -2.03. The fraction of sp³-hybridized carbons (Fsp3) is 0.143. The molecule has 0 fully saturated rings. The Bertz CT molecular complexity index is 364. The Morgan fingerprint density at radius 3 is 2.07 bits per heavy atom. The van der Waals surface area contributed by atoms with Crippen LogP contribution in [0.15, 0.2) is 24.3 Å². The second-order valence-corrected chi connectivity index (χ2v) is 2.50.